The summed E-state index contributed by atoms with van der Waals surface area (Å²) in [5, 5.41) is 3.87. The van der Waals surface area contributed by atoms with Crippen molar-refractivity contribution in [2.24, 2.45) is 0 Å². The monoisotopic (exact) mass is 260 g/mol. The van der Waals surface area contributed by atoms with Crippen LogP contribution in [0.4, 0.5) is 11.4 Å². The van der Waals surface area contributed by atoms with Gasteiger partial charge in [0, 0.05) is 13.2 Å². The van der Waals surface area contributed by atoms with Gasteiger partial charge in [-0.1, -0.05) is 0 Å². The Bertz CT molecular complexity index is 661. The Labute approximate surface area is 110 Å². The van der Waals surface area contributed by atoms with Crippen LogP contribution in [0, 0.1) is 0 Å². The van der Waals surface area contributed by atoms with Crippen LogP contribution >= 0.6 is 0 Å². The molecule has 1 aliphatic carbocycles. The largest absolute Gasteiger partial charge is 0.397 e. The van der Waals surface area contributed by atoms with Crippen molar-refractivity contribution in [2.45, 2.75) is 25.0 Å². The Morgan fingerprint density at radius 2 is 2.26 bits per heavy atom. The van der Waals surface area contributed by atoms with Crippen molar-refractivity contribution < 1.29 is 4.74 Å². The first kappa shape index (κ1) is 12.0. The second-order valence-electron chi connectivity index (χ2n) is 4.86. The van der Waals surface area contributed by atoms with E-state index >= 15 is 0 Å². The lowest BCUT2D eigenvalue weighted by Gasteiger charge is -2.35. The number of rotatable bonds is 3. The zero-order chi connectivity index (χ0) is 13.4. The Kier molecular flexibility index (Phi) is 2.87. The number of H-pyrrole nitrogens is 1. The van der Waals surface area contributed by atoms with Crippen LogP contribution in [0.2, 0.25) is 0 Å². The number of hydrogen-bond acceptors (Lipinski definition) is 5. The van der Waals surface area contributed by atoms with E-state index in [-0.39, 0.29) is 5.56 Å². The van der Waals surface area contributed by atoms with E-state index in [2.05, 4.69) is 15.3 Å². The minimum Gasteiger partial charge on any atom is -0.397 e. The fourth-order valence-corrected chi connectivity index (χ4v) is 2.35. The van der Waals surface area contributed by atoms with Gasteiger partial charge in [0.2, 0.25) is 0 Å². The van der Waals surface area contributed by atoms with Crippen molar-refractivity contribution >= 4 is 22.3 Å². The van der Waals surface area contributed by atoms with E-state index in [0.29, 0.717) is 28.7 Å². The Morgan fingerprint density at radius 3 is 3.00 bits per heavy atom. The lowest BCUT2D eigenvalue weighted by atomic mass is 9.89. The summed E-state index contributed by atoms with van der Waals surface area (Å²) in [5.41, 5.74) is 7.83. The normalized spacial score (nSPS) is 22.2. The van der Waals surface area contributed by atoms with Crippen LogP contribution in [0.15, 0.2) is 23.3 Å². The predicted molar refractivity (Wildman–Crippen MR) is 74.2 cm³/mol. The van der Waals surface area contributed by atoms with E-state index in [0.717, 1.165) is 18.5 Å². The minimum absolute atomic E-state index is 0.175. The number of nitrogens with zero attached hydrogens (tertiary/aromatic N) is 1. The molecule has 0 amide bonds. The maximum absolute atomic E-state index is 11.6. The van der Waals surface area contributed by atoms with Crippen molar-refractivity contribution in [1.82, 2.24) is 9.97 Å². The lowest BCUT2D eigenvalue weighted by Crippen LogP contribution is -2.40. The van der Waals surface area contributed by atoms with Gasteiger partial charge in [0.15, 0.2) is 0 Å². The molecule has 1 fully saturated rings. The van der Waals surface area contributed by atoms with Crippen LogP contribution in [0.5, 0.6) is 0 Å². The molecule has 6 nitrogen and oxygen atoms in total. The van der Waals surface area contributed by atoms with Gasteiger partial charge in [-0.25, -0.2) is 4.98 Å². The summed E-state index contributed by atoms with van der Waals surface area (Å²) in [6, 6.07) is 3.85. The average Bonchev–Trinajstić information content (AvgIpc) is 2.35. The number of nitrogens with two attached hydrogens (primary N) is 1. The maximum atomic E-state index is 11.6. The highest BCUT2D eigenvalue weighted by atomic mass is 16.5. The number of aromatic nitrogens is 2. The molecule has 1 saturated carbocycles. The number of nitrogens with one attached hydrogen (secondary N) is 2. The predicted octanol–water partition coefficient (Wildman–Crippen LogP) is 1.09. The van der Waals surface area contributed by atoms with Crippen LogP contribution in [-0.2, 0) is 4.74 Å². The molecule has 19 heavy (non-hydrogen) atoms. The molecule has 6 heteroatoms. The quantitative estimate of drug-likeness (QED) is 0.718. The van der Waals surface area contributed by atoms with Gasteiger partial charge >= 0.3 is 0 Å². The van der Waals surface area contributed by atoms with Gasteiger partial charge in [0.1, 0.15) is 0 Å². The first-order valence-electron chi connectivity index (χ1n) is 6.23. The zero-order valence-electron chi connectivity index (χ0n) is 10.6. The van der Waals surface area contributed by atoms with Gasteiger partial charge in [-0.05, 0) is 25.0 Å². The van der Waals surface area contributed by atoms with Gasteiger partial charge in [0.05, 0.1) is 34.7 Å². The second-order valence-corrected chi connectivity index (χ2v) is 4.86. The molecule has 1 aromatic heterocycles. The fraction of sp³-hybridized carbons (Fsp3) is 0.385. The van der Waals surface area contributed by atoms with Crippen LogP contribution in [-0.4, -0.2) is 29.2 Å². The lowest BCUT2D eigenvalue weighted by molar-refractivity contribution is 0.0329. The van der Waals surface area contributed by atoms with E-state index in [1.807, 2.05) is 6.07 Å². The summed E-state index contributed by atoms with van der Waals surface area (Å²) < 4.78 is 5.24. The molecular weight excluding hydrogens is 244 g/mol. The molecule has 100 valence electrons. The third-order valence-corrected chi connectivity index (χ3v) is 3.60. The minimum atomic E-state index is -0.175. The van der Waals surface area contributed by atoms with E-state index in [9.17, 15) is 4.79 Å². The van der Waals surface area contributed by atoms with Crippen LogP contribution < -0.4 is 16.6 Å². The molecule has 0 spiro atoms. The number of aromatic amines is 1. The molecule has 1 aromatic carbocycles. The number of hydrogen-bond donors (Lipinski definition) is 3. The number of benzene rings is 1. The van der Waals surface area contributed by atoms with Crippen LogP contribution in [0.3, 0.4) is 0 Å². The van der Waals surface area contributed by atoms with Gasteiger partial charge in [-0.3, -0.25) is 4.79 Å². The molecule has 1 aliphatic rings. The number of ether oxygens (including phenoxy) is 1. The molecule has 0 atom stereocenters. The third-order valence-electron chi connectivity index (χ3n) is 3.60. The second kappa shape index (κ2) is 4.55. The molecule has 0 radical (unpaired) electrons. The topological polar surface area (TPSA) is 93.0 Å². The zero-order valence-corrected chi connectivity index (χ0v) is 10.6. The number of fused-ring (bicyclic) bond motifs is 1. The molecule has 0 bridgehead atoms. The highest BCUT2D eigenvalue weighted by molar-refractivity contribution is 5.88. The molecule has 0 unspecified atom stereocenters. The summed E-state index contributed by atoms with van der Waals surface area (Å²) in [4.78, 5) is 18.3. The first-order chi connectivity index (χ1) is 9.17. The van der Waals surface area contributed by atoms with E-state index in [1.54, 1.807) is 13.2 Å². The SMILES string of the molecule is COC1CC(Nc2cc3nc[nH]c(=O)c3cc2N)C1. The Balaban J connectivity index is 1.88. The Hall–Kier alpha value is -2.08. The van der Waals surface area contributed by atoms with Crippen molar-refractivity contribution in [3.63, 3.8) is 0 Å². The number of nitrogen functional groups attached to an aromatic ring is 1. The van der Waals surface area contributed by atoms with E-state index < -0.39 is 0 Å². The van der Waals surface area contributed by atoms with Gasteiger partial charge < -0.3 is 20.8 Å². The summed E-state index contributed by atoms with van der Waals surface area (Å²) in [7, 11) is 1.72. The van der Waals surface area contributed by atoms with Crippen molar-refractivity contribution in [2.75, 3.05) is 18.2 Å². The number of methoxy groups -OCH3 is 1. The first-order valence-corrected chi connectivity index (χ1v) is 6.23. The smallest absolute Gasteiger partial charge is 0.258 e. The molecule has 0 aliphatic heterocycles. The molecule has 4 N–H and O–H groups in total. The van der Waals surface area contributed by atoms with Crippen LogP contribution in [0.25, 0.3) is 10.9 Å². The molecular formula is C13H16N4O2. The molecule has 1 heterocycles. The standard InChI is InChI=1S/C13H16N4O2/c1-19-8-2-7(3-8)17-12-5-11-9(4-10(12)14)13(18)16-6-15-11/h4-8,17H,2-3,14H2,1H3,(H,15,16,18). The highest BCUT2D eigenvalue weighted by Crippen LogP contribution is 2.30. The van der Waals surface area contributed by atoms with Crippen molar-refractivity contribution in [3.8, 4) is 0 Å². The fourth-order valence-electron chi connectivity index (χ4n) is 2.35. The number of anilines is 2. The summed E-state index contributed by atoms with van der Waals surface area (Å²) in [6.07, 6.45) is 3.67. The van der Waals surface area contributed by atoms with Crippen LogP contribution in [0.1, 0.15) is 12.8 Å². The maximum Gasteiger partial charge on any atom is 0.258 e. The molecule has 3 rings (SSSR count). The van der Waals surface area contributed by atoms with Gasteiger partial charge in [0.25, 0.3) is 5.56 Å². The van der Waals surface area contributed by atoms with E-state index in [1.165, 1.54) is 6.33 Å². The van der Waals surface area contributed by atoms with Crippen molar-refractivity contribution in [1.29, 1.82) is 0 Å². The summed E-state index contributed by atoms with van der Waals surface area (Å²) in [5.74, 6) is 0. The van der Waals surface area contributed by atoms with Gasteiger partial charge in [-0.2, -0.15) is 0 Å². The molecule has 0 saturated heterocycles. The highest BCUT2D eigenvalue weighted by Gasteiger charge is 2.29. The average molecular weight is 260 g/mol. The summed E-state index contributed by atoms with van der Waals surface area (Å²) >= 11 is 0. The summed E-state index contributed by atoms with van der Waals surface area (Å²) in [6.45, 7) is 0. The third kappa shape index (κ3) is 2.15. The molecule has 2 aromatic rings. The van der Waals surface area contributed by atoms with Crippen molar-refractivity contribution in [3.05, 3.63) is 28.8 Å². The Morgan fingerprint density at radius 1 is 1.47 bits per heavy atom. The van der Waals surface area contributed by atoms with Gasteiger partial charge in [-0.15, -0.1) is 0 Å². The van der Waals surface area contributed by atoms with E-state index in [4.69, 9.17) is 10.5 Å².